The second-order valence-corrected chi connectivity index (χ2v) is 5.62. The molecule has 0 aliphatic carbocycles. The van der Waals surface area contributed by atoms with Crippen molar-refractivity contribution < 1.29 is 9.53 Å². The summed E-state index contributed by atoms with van der Waals surface area (Å²) in [6.07, 6.45) is 1.54. The summed E-state index contributed by atoms with van der Waals surface area (Å²) >= 11 is 5.93. The molecule has 4 heteroatoms. The van der Waals surface area contributed by atoms with Crippen LogP contribution in [0.1, 0.15) is 25.8 Å². The summed E-state index contributed by atoms with van der Waals surface area (Å²) in [7, 11) is 0. The number of alkyl halides is 1. The molecule has 2 atom stereocenters. The highest BCUT2D eigenvalue weighted by Crippen LogP contribution is 2.27. The van der Waals surface area contributed by atoms with Gasteiger partial charge in [0.15, 0.2) is 0 Å². The lowest BCUT2D eigenvalue weighted by molar-refractivity contribution is -0.127. The van der Waals surface area contributed by atoms with E-state index in [4.69, 9.17) is 16.3 Å². The summed E-state index contributed by atoms with van der Waals surface area (Å²) < 4.78 is 5.65. The Kier molecular flexibility index (Phi) is 4.35. The monoisotopic (exact) mass is 281 g/mol. The largest absolute Gasteiger partial charge is 0.492 e. The van der Waals surface area contributed by atoms with Crippen LogP contribution < -0.4 is 10.1 Å². The van der Waals surface area contributed by atoms with Crippen molar-refractivity contribution in [3.63, 3.8) is 0 Å². The van der Waals surface area contributed by atoms with Gasteiger partial charge in [-0.25, -0.2) is 0 Å². The maximum atomic E-state index is 12.3. The van der Waals surface area contributed by atoms with E-state index in [1.165, 1.54) is 0 Å². The van der Waals surface area contributed by atoms with Gasteiger partial charge in [0.2, 0.25) is 5.91 Å². The van der Waals surface area contributed by atoms with Crippen LogP contribution in [-0.2, 0) is 11.2 Å². The number of halogens is 1. The Balaban J connectivity index is 2.03. The van der Waals surface area contributed by atoms with Crippen LogP contribution in [0.25, 0.3) is 0 Å². The molecule has 1 aromatic carbocycles. The number of rotatable bonds is 4. The maximum absolute atomic E-state index is 12.3. The molecule has 0 spiro atoms. The van der Waals surface area contributed by atoms with Crippen LogP contribution in [0.4, 0.5) is 0 Å². The Bertz CT molecular complexity index is 457. The third-order valence-corrected chi connectivity index (χ3v) is 4.34. The molecule has 0 radical (unpaired) electrons. The maximum Gasteiger partial charge on any atom is 0.227 e. The number of amides is 1. The van der Waals surface area contributed by atoms with Crippen LogP contribution in [0.5, 0.6) is 5.75 Å². The highest BCUT2D eigenvalue weighted by molar-refractivity contribution is 6.18. The normalized spacial score (nSPS) is 20.9. The third kappa shape index (κ3) is 3.21. The number of benzene rings is 1. The van der Waals surface area contributed by atoms with Crippen molar-refractivity contribution in [2.75, 3.05) is 12.5 Å². The van der Waals surface area contributed by atoms with Crippen LogP contribution in [0, 0.1) is 5.92 Å². The van der Waals surface area contributed by atoms with E-state index in [-0.39, 0.29) is 17.4 Å². The first-order valence-corrected chi connectivity index (χ1v) is 7.20. The predicted octanol–water partition coefficient (Wildman–Crippen LogP) is 2.76. The Labute approximate surface area is 119 Å². The molecule has 0 saturated heterocycles. The average molecular weight is 282 g/mol. The van der Waals surface area contributed by atoms with Crippen molar-refractivity contribution in [2.24, 2.45) is 5.92 Å². The van der Waals surface area contributed by atoms with Gasteiger partial charge < -0.3 is 10.1 Å². The summed E-state index contributed by atoms with van der Waals surface area (Å²) in [5.41, 5.74) is 0.758. The lowest BCUT2D eigenvalue weighted by Gasteiger charge is -2.31. The number of para-hydroxylation sites is 1. The summed E-state index contributed by atoms with van der Waals surface area (Å²) in [6.45, 7) is 4.43. The zero-order valence-corrected chi connectivity index (χ0v) is 12.2. The van der Waals surface area contributed by atoms with Crippen LogP contribution in [0.3, 0.4) is 0 Å². The van der Waals surface area contributed by atoms with Crippen molar-refractivity contribution in [2.45, 2.75) is 32.2 Å². The molecule has 1 amide bonds. The number of ether oxygens (including phenoxy) is 1. The van der Waals surface area contributed by atoms with E-state index in [0.717, 1.165) is 24.2 Å². The molecule has 0 saturated carbocycles. The fraction of sp³-hybridized carbons (Fsp3) is 0.533. The van der Waals surface area contributed by atoms with Crippen LogP contribution in [0.2, 0.25) is 0 Å². The lowest BCUT2D eigenvalue weighted by Crippen LogP contribution is -2.51. The second-order valence-electron chi connectivity index (χ2n) is 5.36. The zero-order valence-electron chi connectivity index (χ0n) is 11.4. The van der Waals surface area contributed by atoms with Gasteiger partial charge >= 0.3 is 0 Å². The molecule has 104 valence electrons. The molecule has 1 aliphatic heterocycles. The molecule has 0 bridgehead atoms. The number of carbonyl (C=O) groups excluding carboxylic acids is 1. The van der Waals surface area contributed by atoms with Crippen molar-refractivity contribution in [1.82, 2.24) is 5.32 Å². The Morgan fingerprint density at radius 1 is 1.53 bits per heavy atom. The molecular formula is C15H20ClNO2. The summed E-state index contributed by atoms with van der Waals surface area (Å²) in [5, 5.41) is 3.04. The summed E-state index contributed by atoms with van der Waals surface area (Å²) in [4.78, 5) is 12.3. The lowest BCUT2D eigenvalue weighted by atomic mass is 9.94. The van der Waals surface area contributed by atoms with E-state index in [2.05, 4.69) is 5.32 Å². The highest BCUT2D eigenvalue weighted by atomic mass is 35.5. The van der Waals surface area contributed by atoms with Gasteiger partial charge in [0.25, 0.3) is 0 Å². The first-order chi connectivity index (χ1) is 9.08. The Morgan fingerprint density at radius 3 is 2.95 bits per heavy atom. The molecule has 1 aliphatic rings. The predicted molar refractivity (Wildman–Crippen MR) is 76.7 cm³/mol. The van der Waals surface area contributed by atoms with Crippen molar-refractivity contribution in [1.29, 1.82) is 0 Å². The SMILES string of the molecule is CCC(C)(CCl)NC(=O)C1COc2ccccc2C1. The van der Waals surface area contributed by atoms with Gasteiger partial charge in [-0.2, -0.15) is 0 Å². The molecule has 19 heavy (non-hydrogen) atoms. The Hall–Kier alpha value is -1.22. The molecule has 0 aromatic heterocycles. The molecule has 2 unspecified atom stereocenters. The van der Waals surface area contributed by atoms with Crippen LogP contribution in [0.15, 0.2) is 24.3 Å². The molecule has 2 rings (SSSR count). The second kappa shape index (κ2) is 5.83. The minimum Gasteiger partial charge on any atom is -0.492 e. The molecule has 0 fully saturated rings. The molecule has 1 N–H and O–H groups in total. The van der Waals surface area contributed by atoms with Crippen molar-refractivity contribution in [3.8, 4) is 5.75 Å². The van der Waals surface area contributed by atoms with E-state index < -0.39 is 0 Å². The standard InChI is InChI=1S/C15H20ClNO2/c1-3-15(2,10-16)17-14(18)12-8-11-6-4-5-7-13(11)19-9-12/h4-7,12H,3,8-10H2,1-2H3,(H,17,18). The molecule has 1 heterocycles. The fourth-order valence-corrected chi connectivity index (χ4v) is 2.37. The van der Waals surface area contributed by atoms with Crippen molar-refractivity contribution in [3.05, 3.63) is 29.8 Å². The third-order valence-electron chi connectivity index (χ3n) is 3.75. The van der Waals surface area contributed by atoms with Gasteiger partial charge in [0.05, 0.1) is 11.5 Å². The first kappa shape index (κ1) is 14.2. The number of fused-ring (bicyclic) bond motifs is 1. The quantitative estimate of drug-likeness (QED) is 0.862. The molecular weight excluding hydrogens is 262 g/mol. The molecule has 3 nitrogen and oxygen atoms in total. The zero-order chi connectivity index (χ0) is 13.9. The highest BCUT2D eigenvalue weighted by Gasteiger charge is 2.30. The van der Waals surface area contributed by atoms with Crippen LogP contribution >= 0.6 is 11.6 Å². The topological polar surface area (TPSA) is 38.3 Å². The first-order valence-electron chi connectivity index (χ1n) is 6.66. The van der Waals surface area contributed by atoms with Crippen molar-refractivity contribution >= 4 is 17.5 Å². The summed E-state index contributed by atoms with van der Waals surface area (Å²) in [5.74, 6) is 1.20. The number of nitrogens with one attached hydrogen (secondary N) is 1. The number of hydrogen-bond donors (Lipinski definition) is 1. The minimum absolute atomic E-state index is 0.0273. The Morgan fingerprint density at radius 2 is 2.26 bits per heavy atom. The smallest absolute Gasteiger partial charge is 0.227 e. The van der Waals surface area contributed by atoms with E-state index in [1.807, 2.05) is 38.1 Å². The van der Waals surface area contributed by atoms with Crippen LogP contribution in [-0.4, -0.2) is 23.9 Å². The van der Waals surface area contributed by atoms with Gasteiger partial charge in [0, 0.05) is 5.88 Å². The van der Waals surface area contributed by atoms with Gasteiger partial charge in [0.1, 0.15) is 12.4 Å². The number of carbonyl (C=O) groups is 1. The van der Waals surface area contributed by atoms with Gasteiger partial charge in [-0.05, 0) is 31.4 Å². The minimum atomic E-state index is -0.338. The van der Waals surface area contributed by atoms with Gasteiger partial charge in [-0.1, -0.05) is 25.1 Å². The van der Waals surface area contributed by atoms with Gasteiger partial charge in [-0.15, -0.1) is 11.6 Å². The average Bonchev–Trinajstić information content (AvgIpc) is 2.46. The van der Waals surface area contributed by atoms with Gasteiger partial charge in [-0.3, -0.25) is 4.79 Å². The van der Waals surface area contributed by atoms with E-state index in [9.17, 15) is 4.79 Å². The van der Waals surface area contributed by atoms with E-state index >= 15 is 0 Å². The number of hydrogen-bond acceptors (Lipinski definition) is 2. The van der Waals surface area contributed by atoms with E-state index in [0.29, 0.717) is 12.5 Å². The fourth-order valence-electron chi connectivity index (χ4n) is 2.11. The van der Waals surface area contributed by atoms with E-state index in [1.54, 1.807) is 0 Å². The summed E-state index contributed by atoms with van der Waals surface area (Å²) in [6, 6.07) is 7.87. The molecule has 1 aromatic rings.